The molecule has 0 amide bonds. The summed E-state index contributed by atoms with van der Waals surface area (Å²) < 4.78 is 77.1. The molecule has 11 heteroatoms. The van der Waals surface area contributed by atoms with Crippen LogP contribution in [0.2, 0.25) is 0 Å². The van der Waals surface area contributed by atoms with Crippen LogP contribution in [-0.2, 0) is 18.9 Å². The SMILES string of the molecule is CSc1nc(Cn2nc(C(F)(F)F)cc2C)cc(C(F)(F)F)n1. The third-order valence-corrected chi connectivity index (χ3v) is 3.36. The largest absolute Gasteiger partial charge is 0.435 e. The maximum atomic E-state index is 12.8. The molecule has 4 nitrogen and oxygen atoms in total. The molecule has 126 valence electrons. The lowest BCUT2D eigenvalue weighted by atomic mass is 10.3. The molecule has 2 heterocycles. The van der Waals surface area contributed by atoms with Gasteiger partial charge in [0.15, 0.2) is 10.9 Å². The van der Waals surface area contributed by atoms with Gasteiger partial charge in [0.25, 0.3) is 0 Å². The topological polar surface area (TPSA) is 43.6 Å². The lowest BCUT2D eigenvalue weighted by molar-refractivity contribution is -0.142. The monoisotopic (exact) mass is 356 g/mol. The fraction of sp³-hybridized carbons (Fsp3) is 0.417. The molecule has 2 rings (SSSR count). The number of aromatic nitrogens is 4. The average molecular weight is 356 g/mol. The zero-order valence-electron chi connectivity index (χ0n) is 11.8. The molecule has 0 aliphatic rings. The highest BCUT2D eigenvalue weighted by Crippen LogP contribution is 2.30. The van der Waals surface area contributed by atoms with E-state index >= 15 is 0 Å². The van der Waals surface area contributed by atoms with E-state index < -0.39 is 23.7 Å². The van der Waals surface area contributed by atoms with Crippen LogP contribution in [0, 0.1) is 6.92 Å². The van der Waals surface area contributed by atoms with Crippen molar-refractivity contribution < 1.29 is 26.3 Å². The van der Waals surface area contributed by atoms with E-state index in [2.05, 4.69) is 15.1 Å². The molecule has 0 aliphatic carbocycles. The smallest absolute Gasteiger partial charge is 0.263 e. The fourth-order valence-electron chi connectivity index (χ4n) is 1.75. The van der Waals surface area contributed by atoms with Crippen molar-refractivity contribution in [2.75, 3.05) is 6.26 Å². The molecule has 0 saturated carbocycles. The van der Waals surface area contributed by atoms with Crippen LogP contribution in [-0.4, -0.2) is 26.0 Å². The number of thioether (sulfide) groups is 1. The van der Waals surface area contributed by atoms with Crippen LogP contribution in [0.5, 0.6) is 0 Å². The molecule has 23 heavy (non-hydrogen) atoms. The van der Waals surface area contributed by atoms with Crippen LogP contribution in [0.1, 0.15) is 22.8 Å². The molecule has 0 bridgehead atoms. The van der Waals surface area contributed by atoms with Gasteiger partial charge in [-0.1, -0.05) is 11.8 Å². The molecule has 0 fully saturated rings. The highest BCUT2D eigenvalue weighted by Gasteiger charge is 2.35. The number of nitrogens with zero attached hydrogens (tertiary/aromatic N) is 4. The van der Waals surface area contributed by atoms with Gasteiger partial charge >= 0.3 is 12.4 Å². The molecular formula is C12H10F6N4S. The number of rotatable bonds is 3. The molecule has 0 saturated heterocycles. The Hall–Kier alpha value is -1.78. The Balaban J connectivity index is 2.39. The van der Waals surface area contributed by atoms with Crippen molar-refractivity contribution in [3.05, 3.63) is 34.9 Å². The summed E-state index contributed by atoms with van der Waals surface area (Å²) in [5.41, 5.74) is -2.16. The van der Waals surface area contributed by atoms with Gasteiger partial charge in [-0.15, -0.1) is 0 Å². The van der Waals surface area contributed by atoms with Crippen LogP contribution in [0.4, 0.5) is 26.3 Å². The molecule has 0 aliphatic heterocycles. The zero-order chi connectivity index (χ0) is 17.4. The Morgan fingerprint density at radius 1 is 1.00 bits per heavy atom. The standard InChI is InChI=1S/C12H10F6N4S/c1-6-3-9(12(16,17)18)21-22(6)5-7-4-8(11(13,14)15)20-10(19-7)23-2/h3-4H,5H2,1-2H3. The van der Waals surface area contributed by atoms with E-state index in [0.717, 1.165) is 22.5 Å². The molecule has 2 aromatic heterocycles. The molecule has 2 aromatic rings. The second kappa shape index (κ2) is 6.02. The summed E-state index contributed by atoms with van der Waals surface area (Å²) in [5, 5.41) is 3.25. The number of aryl methyl sites for hydroxylation is 1. The van der Waals surface area contributed by atoms with E-state index in [1.807, 2.05) is 0 Å². The maximum Gasteiger partial charge on any atom is 0.435 e. The predicted octanol–water partition coefficient (Wildman–Crippen LogP) is 3.79. The summed E-state index contributed by atoms with van der Waals surface area (Å²) in [4.78, 5) is 7.23. The van der Waals surface area contributed by atoms with Gasteiger partial charge in [0.05, 0.1) is 12.2 Å². The number of halogens is 6. The van der Waals surface area contributed by atoms with E-state index in [-0.39, 0.29) is 23.1 Å². The minimum Gasteiger partial charge on any atom is -0.263 e. The first kappa shape index (κ1) is 17.6. The average Bonchev–Trinajstić information content (AvgIpc) is 2.79. The quantitative estimate of drug-likeness (QED) is 0.477. The van der Waals surface area contributed by atoms with Crippen LogP contribution < -0.4 is 0 Å². The van der Waals surface area contributed by atoms with Crippen LogP contribution in [0.3, 0.4) is 0 Å². The third kappa shape index (κ3) is 4.15. The first-order valence-corrected chi connectivity index (χ1v) is 7.34. The van der Waals surface area contributed by atoms with Crippen LogP contribution in [0.25, 0.3) is 0 Å². The Labute approximate surface area is 130 Å². The summed E-state index contributed by atoms with van der Waals surface area (Å²) in [6.45, 7) is 1.06. The summed E-state index contributed by atoms with van der Waals surface area (Å²) >= 11 is 0.906. The molecule has 0 atom stereocenters. The Morgan fingerprint density at radius 2 is 1.61 bits per heavy atom. The van der Waals surface area contributed by atoms with Gasteiger partial charge in [-0.05, 0) is 25.3 Å². The first-order valence-electron chi connectivity index (χ1n) is 6.11. The lowest BCUT2D eigenvalue weighted by Gasteiger charge is -2.10. The second-order valence-electron chi connectivity index (χ2n) is 4.56. The van der Waals surface area contributed by atoms with Gasteiger partial charge in [0.2, 0.25) is 0 Å². The molecule has 0 N–H and O–H groups in total. The van der Waals surface area contributed by atoms with Crippen molar-refractivity contribution in [2.24, 2.45) is 0 Å². The van der Waals surface area contributed by atoms with Crippen molar-refractivity contribution in [2.45, 2.75) is 31.0 Å². The van der Waals surface area contributed by atoms with Crippen LogP contribution in [0.15, 0.2) is 17.3 Å². The van der Waals surface area contributed by atoms with E-state index in [9.17, 15) is 26.3 Å². The van der Waals surface area contributed by atoms with Gasteiger partial charge in [-0.3, -0.25) is 4.68 Å². The third-order valence-electron chi connectivity index (χ3n) is 2.82. The molecule has 0 radical (unpaired) electrons. The Kier molecular flexibility index (Phi) is 4.60. The van der Waals surface area contributed by atoms with Gasteiger partial charge in [0, 0.05) is 5.69 Å². The van der Waals surface area contributed by atoms with Crippen molar-refractivity contribution in [1.29, 1.82) is 0 Å². The van der Waals surface area contributed by atoms with Crippen molar-refractivity contribution in [3.63, 3.8) is 0 Å². The summed E-state index contributed by atoms with van der Waals surface area (Å²) in [6, 6.07) is 1.52. The summed E-state index contributed by atoms with van der Waals surface area (Å²) in [5.74, 6) is 0. The zero-order valence-corrected chi connectivity index (χ0v) is 12.6. The molecule has 0 aromatic carbocycles. The highest BCUT2D eigenvalue weighted by atomic mass is 32.2. The van der Waals surface area contributed by atoms with E-state index in [1.54, 1.807) is 0 Å². The lowest BCUT2D eigenvalue weighted by Crippen LogP contribution is -2.14. The minimum atomic E-state index is -4.67. The molecular weight excluding hydrogens is 346 g/mol. The first-order chi connectivity index (χ1) is 10.5. The minimum absolute atomic E-state index is 0.0726. The van der Waals surface area contributed by atoms with Crippen molar-refractivity contribution in [1.82, 2.24) is 19.7 Å². The highest BCUT2D eigenvalue weighted by molar-refractivity contribution is 7.98. The second-order valence-corrected chi connectivity index (χ2v) is 5.33. The van der Waals surface area contributed by atoms with Gasteiger partial charge in [0.1, 0.15) is 5.69 Å². The number of hydrogen-bond acceptors (Lipinski definition) is 4. The van der Waals surface area contributed by atoms with Gasteiger partial charge in [-0.2, -0.15) is 31.4 Å². The maximum absolute atomic E-state index is 12.8. The van der Waals surface area contributed by atoms with E-state index in [4.69, 9.17) is 0 Å². The van der Waals surface area contributed by atoms with Gasteiger partial charge < -0.3 is 0 Å². The van der Waals surface area contributed by atoms with Crippen LogP contribution >= 0.6 is 11.8 Å². The molecule has 0 unspecified atom stereocenters. The normalized spacial score (nSPS) is 12.7. The Bertz CT molecular complexity index is 707. The predicted molar refractivity (Wildman–Crippen MR) is 69.9 cm³/mol. The fourth-order valence-corrected chi connectivity index (χ4v) is 2.15. The van der Waals surface area contributed by atoms with Gasteiger partial charge in [-0.25, -0.2) is 9.97 Å². The summed E-state index contributed by atoms with van der Waals surface area (Å²) in [7, 11) is 0. The van der Waals surface area contributed by atoms with E-state index in [1.165, 1.54) is 13.2 Å². The number of hydrogen-bond donors (Lipinski definition) is 0. The van der Waals surface area contributed by atoms with Crippen molar-refractivity contribution in [3.8, 4) is 0 Å². The van der Waals surface area contributed by atoms with E-state index in [0.29, 0.717) is 6.07 Å². The number of alkyl halides is 6. The molecule has 0 spiro atoms. The van der Waals surface area contributed by atoms with Crippen molar-refractivity contribution >= 4 is 11.8 Å². The summed E-state index contributed by atoms with van der Waals surface area (Å²) in [6.07, 6.45) is -7.79. The Morgan fingerprint density at radius 3 is 2.09 bits per heavy atom.